The Morgan fingerprint density at radius 1 is 1.29 bits per heavy atom. The zero-order chi connectivity index (χ0) is 22.0. The summed E-state index contributed by atoms with van der Waals surface area (Å²) in [6.07, 6.45) is 3.35. The Morgan fingerprint density at radius 2 is 2.03 bits per heavy atom. The normalized spacial score (nSPS) is 14.3. The van der Waals surface area contributed by atoms with E-state index in [0.29, 0.717) is 29.0 Å². The van der Waals surface area contributed by atoms with Gasteiger partial charge in [0.25, 0.3) is 0 Å². The lowest BCUT2D eigenvalue weighted by Gasteiger charge is -2.12. The standard InChI is InChI=1S/C23H26N4O4/c1-14(13-28)25-17-10-18-19(26-22(29)16-8-9-16)20(23(30)31-2)27(21(18)24-11-17)12-15-6-4-3-5-7-15/h3-7,10-11,14,16,25,28H,8-9,12-13H2,1-2H3,(H,26,29)/t14-/m0/s1. The van der Waals surface area contributed by atoms with Crippen molar-refractivity contribution < 1.29 is 19.4 Å². The van der Waals surface area contributed by atoms with Crippen LogP contribution in [-0.2, 0) is 16.1 Å². The molecule has 4 rings (SSSR count). The largest absolute Gasteiger partial charge is 0.464 e. The lowest BCUT2D eigenvalue weighted by Crippen LogP contribution is -2.19. The molecule has 1 aromatic carbocycles. The number of aliphatic hydroxyl groups excluding tert-OH is 1. The number of nitrogens with zero attached hydrogens (tertiary/aromatic N) is 2. The molecule has 0 spiro atoms. The summed E-state index contributed by atoms with van der Waals surface area (Å²) in [4.78, 5) is 30.0. The Morgan fingerprint density at radius 3 is 2.68 bits per heavy atom. The molecule has 1 saturated carbocycles. The zero-order valence-electron chi connectivity index (χ0n) is 17.6. The number of hydrogen-bond acceptors (Lipinski definition) is 6. The number of pyridine rings is 1. The molecular formula is C23H26N4O4. The van der Waals surface area contributed by atoms with Gasteiger partial charge in [-0.25, -0.2) is 9.78 Å². The first-order valence-electron chi connectivity index (χ1n) is 10.3. The molecule has 31 heavy (non-hydrogen) atoms. The van der Waals surface area contributed by atoms with E-state index < -0.39 is 5.97 Å². The van der Waals surface area contributed by atoms with Crippen LogP contribution in [0.2, 0.25) is 0 Å². The van der Waals surface area contributed by atoms with Crippen LogP contribution in [0.15, 0.2) is 42.6 Å². The number of methoxy groups -OCH3 is 1. The molecule has 162 valence electrons. The monoisotopic (exact) mass is 422 g/mol. The highest BCUT2D eigenvalue weighted by atomic mass is 16.5. The molecule has 3 aromatic rings. The predicted molar refractivity (Wildman–Crippen MR) is 118 cm³/mol. The number of aromatic nitrogens is 2. The van der Waals surface area contributed by atoms with Gasteiger partial charge in [0.15, 0.2) is 5.69 Å². The highest BCUT2D eigenvalue weighted by Crippen LogP contribution is 2.36. The van der Waals surface area contributed by atoms with Gasteiger partial charge in [-0.1, -0.05) is 30.3 Å². The number of ether oxygens (including phenoxy) is 1. The molecule has 8 heteroatoms. The summed E-state index contributed by atoms with van der Waals surface area (Å²) in [5, 5.41) is 16.1. The van der Waals surface area contributed by atoms with Crippen molar-refractivity contribution in [1.29, 1.82) is 0 Å². The fourth-order valence-electron chi connectivity index (χ4n) is 3.56. The Balaban J connectivity index is 1.88. The number of fused-ring (bicyclic) bond motifs is 1. The summed E-state index contributed by atoms with van der Waals surface area (Å²) < 4.78 is 6.84. The lowest BCUT2D eigenvalue weighted by atomic mass is 10.2. The van der Waals surface area contributed by atoms with E-state index in [-0.39, 0.29) is 30.2 Å². The molecule has 0 unspecified atom stereocenters. The number of carbonyl (C=O) groups excluding carboxylic acids is 2. The highest BCUT2D eigenvalue weighted by molar-refractivity contribution is 6.11. The lowest BCUT2D eigenvalue weighted by molar-refractivity contribution is -0.117. The van der Waals surface area contributed by atoms with Gasteiger partial charge >= 0.3 is 5.97 Å². The molecule has 0 bridgehead atoms. The molecule has 0 aliphatic heterocycles. The van der Waals surface area contributed by atoms with Gasteiger partial charge in [0.1, 0.15) is 5.65 Å². The highest BCUT2D eigenvalue weighted by Gasteiger charge is 2.33. The summed E-state index contributed by atoms with van der Waals surface area (Å²) in [6.45, 7) is 2.21. The van der Waals surface area contributed by atoms with E-state index in [1.165, 1.54) is 7.11 Å². The molecule has 8 nitrogen and oxygen atoms in total. The first-order valence-corrected chi connectivity index (χ1v) is 10.3. The fourth-order valence-corrected chi connectivity index (χ4v) is 3.56. The summed E-state index contributed by atoms with van der Waals surface area (Å²) in [7, 11) is 1.32. The molecule has 0 radical (unpaired) electrons. The minimum atomic E-state index is -0.543. The maximum absolute atomic E-state index is 12.8. The zero-order valence-corrected chi connectivity index (χ0v) is 17.6. The van der Waals surface area contributed by atoms with E-state index in [0.717, 1.165) is 18.4 Å². The van der Waals surface area contributed by atoms with Crippen LogP contribution in [0.4, 0.5) is 11.4 Å². The van der Waals surface area contributed by atoms with Crippen molar-refractivity contribution in [3.8, 4) is 0 Å². The van der Waals surface area contributed by atoms with Crippen LogP contribution >= 0.6 is 0 Å². The van der Waals surface area contributed by atoms with Crippen LogP contribution in [0.5, 0.6) is 0 Å². The number of carbonyl (C=O) groups is 2. The molecule has 2 heterocycles. The first kappa shape index (κ1) is 20.9. The number of benzene rings is 1. The quantitative estimate of drug-likeness (QED) is 0.482. The summed E-state index contributed by atoms with van der Waals surface area (Å²) >= 11 is 0. The number of anilines is 2. The van der Waals surface area contributed by atoms with Crippen molar-refractivity contribution in [3.05, 3.63) is 53.9 Å². The maximum atomic E-state index is 12.8. The Bertz CT molecular complexity index is 1110. The maximum Gasteiger partial charge on any atom is 0.356 e. The molecule has 1 atom stereocenters. The van der Waals surface area contributed by atoms with Crippen LogP contribution in [0, 0.1) is 5.92 Å². The minimum absolute atomic E-state index is 0.0262. The third-order valence-corrected chi connectivity index (χ3v) is 5.34. The van der Waals surface area contributed by atoms with Gasteiger partial charge in [-0.15, -0.1) is 0 Å². The van der Waals surface area contributed by atoms with Gasteiger partial charge in [-0.3, -0.25) is 4.79 Å². The molecule has 1 aliphatic carbocycles. The SMILES string of the molecule is COC(=O)c1c(NC(=O)C2CC2)c2cc(N[C@@H](C)CO)cnc2n1Cc1ccccc1. The van der Waals surface area contributed by atoms with Crippen LogP contribution in [0.3, 0.4) is 0 Å². The van der Waals surface area contributed by atoms with Gasteiger partial charge in [-0.2, -0.15) is 0 Å². The number of hydrogen-bond donors (Lipinski definition) is 3. The van der Waals surface area contributed by atoms with Crippen LogP contribution in [0.1, 0.15) is 35.8 Å². The van der Waals surface area contributed by atoms with Crippen LogP contribution in [0.25, 0.3) is 11.0 Å². The van der Waals surface area contributed by atoms with Gasteiger partial charge in [0.2, 0.25) is 5.91 Å². The van der Waals surface area contributed by atoms with Crippen molar-refractivity contribution in [2.75, 3.05) is 24.4 Å². The molecule has 1 fully saturated rings. The Kier molecular flexibility index (Phi) is 5.90. The minimum Gasteiger partial charge on any atom is -0.464 e. The van der Waals surface area contributed by atoms with Crippen LogP contribution in [-0.4, -0.2) is 46.3 Å². The molecule has 1 aliphatic rings. The summed E-state index contributed by atoms with van der Waals surface area (Å²) in [5.41, 5.74) is 2.90. The molecule has 2 aromatic heterocycles. The van der Waals surface area contributed by atoms with E-state index in [1.807, 2.05) is 43.3 Å². The number of esters is 1. The Labute approximate surface area is 180 Å². The molecule has 0 saturated heterocycles. The number of nitrogens with one attached hydrogen (secondary N) is 2. The van der Waals surface area contributed by atoms with E-state index in [4.69, 9.17) is 4.74 Å². The summed E-state index contributed by atoms with van der Waals surface area (Å²) in [6, 6.07) is 11.4. The molecular weight excluding hydrogens is 396 g/mol. The molecule has 1 amide bonds. The average Bonchev–Trinajstić information content (AvgIpc) is 3.60. The van der Waals surface area contributed by atoms with Crippen molar-refractivity contribution in [2.24, 2.45) is 5.92 Å². The van der Waals surface area contributed by atoms with Crippen molar-refractivity contribution >= 4 is 34.3 Å². The second kappa shape index (κ2) is 8.77. The first-order chi connectivity index (χ1) is 15.0. The topological polar surface area (TPSA) is 105 Å². The van der Waals surface area contributed by atoms with E-state index in [9.17, 15) is 14.7 Å². The number of rotatable bonds is 8. The smallest absolute Gasteiger partial charge is 0.356 e. The van der Waals surface area contributed by atoms with Crippen molar-refractivity contribution in [2.45, 2.75) is 32.4 Å². The third kappa shape index (κ3) is 4.39. The Hall–Kier alpha value is -3.39. The summed E-state index contributed by atoms with van der Waals surface area (Å²) in [5.74, 6) is -0.675. The van der Waals surface area contributed by atoms with Crippen molar-refractivity contribution in [1.82, 2.24) is 9.55 Å². The second-order valence-corrected chi connectivity index (χ2v) is 7.87. The predicted octanol–water partition coefficient (Wildman–Crippen LogP) is 3.01. The van der Waals surface area contributed by atoms with Gasteiger partial charge in [0.05, 0.1) is 31.3 Å². The number of amides is 1. The van der Waals surface area contributed by atoms with E-state index in [1.54, 1.807) is 10.8 Å². The van der Waals surface area contributed by atoms with Crippen LogP contribution < -0.4 is 10.6 Å². The van der Waals surface area contributed by atoms with Gasteiger partial charge in [0, 0.05) is 23.9 Å². The molecule has 3 N–H and O–H groups in total. The van der Waals surface area contributed by atoms with E-state index in [2.05, 4.69) is 15.6 Å². The fraction of sp³-hybridized carbons (Fsp3) is 0.348. The third-order valence-electron chi connectivity index (χ3n) is 5.34. The van der Waals surface area contributed by atoms with Gasteiger partial charge in [-0.05, 0) is 31.4 Å². The average molecular weight is 422 g/mol. The van der Waals surface area contributed by atoms with Gasteiger partial charge < -0.3 is 25.0 Å². The van der Waals surface area contributed by atoms with E-state index >= 15 is 0 Å². The van der Waals surface area contributed by atoms with Crippen molar-refractivity contribution in [3.63, 3.8) is 0 Å². The second-order valence-electron chi connectivity index (χ2n) is 7.87. The number of aliphatic hydroxyl groups is 1.